The minimum Gasteiger partial charge on any atom is -0.487 e. The van der Waals surface area contributed by atoms with E-state index >= 15 is 0 Å². The summed E-state index contributed by atoms with van der Waals surface area (Å²) in [6.45, 7) is 0.300. The molecule has 2 aromatic rings. The van der Waals surface area contributed by atoms with Crippen molar-refractivity contribution in [1.82, 2.24) is 4.98 Å². The number of anilines is 1. The number of benzene rings is 1. The molecule has 0 aliphatic heterocycles. The average molecular weight is 294 g/mol. The third kappa shape index (κ3) is 3.36. The van der Waals surface area contributed by atoms with Crippen molar-refractivity contribution in [2.75, 3.05) is 12.4 Å². The van der Waals surface area contributed by atoms with Gasteiger partial charge in [-0.15, -0.1) is 0 Å². The molecule has 1 heterocycles. The van der Waals surface area contributed by atoms with Crippen LogP contribution in [0.1, 0.15) is 5.56 Å². The van der Waals surface area contributed by atoms with Gasteiger partial charge in [-0.3, -0.25) is 10.1 Å². The summed E-state index contributed by atoms with van der Waals surface area (Å²) in [6.07, 6.45) is 1.67. The van der Waals surface area contributed by atoms with Crippen LogP contribution in [0.5, 0.6) is 5.75 Å². The SMILES string of the molecule is CNc1cc(COc2ccc([N+](=O)[O-])cc2Cl)ccn1. The number of non-ortho nitro benzene ring substituents is 1. The highest BCUT2D eigenvalue weighted by atomic mass is 35.5. The van der Waals surface area contributed by atoms with E-state index in [9.17, 15) is 10.1 Å². The highest BCUT2D eigenvalue weighted by Crippen LogP contribution is 2.29. The Labute approximate surface area is 120 Å². The molecule has 2 rings (SSSR count). The van der Waals surface area contributed by atoms with Gasteiger partial charge in [0.2, 0.25) is 0 Å². The van der Waals surface area contributed by atoms with E-state index in [1.807, 2.05) is 12.1 Å². The van der Waals surface area contributed by atoms with Crippen molar-refractivity contribution in [3.8, 4) is 5.75 Å². The first kappa shape index (κ1) is 14.1. The van der Waals surface area contributed by atoms with Gasteiger partial charge in [0, 0.05) is 25.4 Å². The standard InChI is InChI=1S/C13H12ClN3O3/c1-15-13-6-9(4-5-16-13)8-20-12-3-2-10(17(18)19)7-11(12)14/h2-7H,8H2,1H3,(H,15,16). The van der Waals surface area contributed by atoms with Crippen molar-refractivity contribution in [2.24, 2.45) is 0 Å². The molecule has 0 saturated heterocycles. The van der Waals surface area contributed by atoms with E-state index in [-0.39, 0.29) is 10.7 Å². The van der Waals surface area contributed by atoms with E-state index in [0.29, 0.717) is 12.4 Å². The fourth-order valence-corrected chi connectivity index (χ4v) is 1.81. The molecule has 7 heteroatoms. The van der Waals surface area contributed by atoms with E-state index in [0.717, 1.165) is 11.4 Å². The minimum absolute atomic E-state index is 0.0660. The normalized spacial score (nSPS) is 10.1. The van der Waals surface area contributed by atoms with Crippen molar-refractivity contribution in [2.45, 2.75) is 6.61 Å². The predicted molar refractivity (Wildman–Crippen MR) is 76.2 cm³/mol. The van der Waals surface area contributed by atoms with Crippen LogP contribution >= 0.6 is 11.6 Å². The molecular formula is C13H12ClN3O3. The number of hydrogen-bond donors (Lipinski definition) is 1. The number of nitrogens with zero attached hydrogens (tertiary/aromatic N) is 2. The second-order valence-corrected chi connectivity index (χ2v) is 4.37. The van der Waals surface area contributed by atoms with Gasteiger partial charge in [0.05, 0.1) is 9.95 Å². The van der Waals surface area contributed by atoms with E-state index in [2.05, 4.69) is 10.3 Å². The van der Waals surface area contributed by atoms with E-state index < -0.39 is 4.92 Å². The third-order valence-electron chi connectivity index (χ3n) is 2.60. The van der Waals surface area contributed by atoms with Gasteiger partial charge in [-0.05, 0) is 23.8 Å². The first-order valence-corrected chi connectivity index (χ1v) is 6.17. The summed E-state index contributed by atoms with van der Waals surface area (Å²) in [5.74, 6) is 1.14. The summed E-state index contributed by atoms with van der Waals surface area (Å²) in [6, 6.07) is 7.77. The highest BCUT2D eigenvalue weighted by molar-refractivity contribution is 6.32. The second kappa shape index (κ2) is 6.21. The van der Waals surface area contributed by atoms with Crippen LogP contribution in [0.15, 0.2) is 36.5 Å². The molecule has 0 aliphatic carbocycles. The Bertz CT molecular complexity index is 634. The van der Waals surface area contributed by atoms with E-state index in [1.165, 1.54) is 18.2 Å². The number of pyridine rings is 1. The lowest BCUT2D eigenvalue weighted by molar-refractivity contribution is -0.384. The zero-order valence-electron chi connectivity index (χ0n) is 10.7. The Morgan fingerprint density at radius 1 is 1.40 bits per heavy atom. The molecule has 0 saturated carbocycles. The molecule has 0 spiro atoms. The summed E-state index contributed by atoms with van der Waals surface area (Å²) in [5, 5.41) is 13.7. The minimum atomic E-state index is -0.502. The van der Waals surface area contributed by atoms with Gasteiger partial charge in [-0.25, -0.2) is 4.98 Å². The van der Waals surface area contributed by atoms with Crippen LogP contribution in [0.2, 0.25) is 5.02 Å². The Hall–Kier alpha value is -2.34. The molecule has 0 atom stereocenters. The molecule has 1 aromatic carbocycles. The number of rotatable bonds is 5. The maximum atomic E-state index is 10.6. The predicted octanol–water partition coefficient (Wildman–Crippen LogP) is 3.26. The van der Waals surface area contributed by atoms with Crippen LogP contribution in [-0.4, -0.2) is 17.0 Å². The van der Waals surface area contributed by atoms with Gasteiger partial charge in [-0.2, -0.15) is 0 Å². The number of halogens is 1. The van der Waals surface area contributed by atoms with E-state index in [4.69, 9.17) is 16.3 Å². The molecule has 6 nitrogen and oxygen atoms in total. The van der Waals surface area contributed by atoms with Crippen molar-refractivity contribution in [1.29, 1.82) is 0 Å². The van der Waals surface area contributed by atoms with Crippen LogP contribution in [-0.2, 0) is 6.61 Å². The van der Waals surface area contributed by atoms with Crippen LogP contribution < -0.4 is 10.1 Å². The second-order valence-electron chi connectivity index (χ2n) is 3.96. The summed E-state index contributed by atoms with van der Waals surface area (Å²) < 4.78 is 5.55. The number of aromatic nitrogens is 1. The number of hydrogen-bond acceptors (Lipinski definition) is 5. The topological polar surface area (TPSA) is 77.3 Å². The molecule has 0 amide bonds. The summed E-state index contributed by atoms with van der Waals surface area (Å²) in [5.41, 5.74) is 0.850. The Balaban J connectivity index is 2.08. The van der Waals surface area contributed by atoms with Crippen molar-refractivity contribution >= 4 is 23.1 Å². The molecule has 0 unspecified atom stereocenters. The van der Waals surface area contributed by atoms with Gasteiger partial charge in [-0.1, -0.05) is 11.6 Å². The summed E-state index contributed by atoms with van der Waals surface area (Å²) in [4.78, 5) is 14.2. The molecule has 1 N–H and O–H groups in total. The highest BCUT2D eigenvalue weighted by Gasteiger charge is 2.10. The fraction of sp³-hybridized carbons (Fsp3) is 0.154. The molecule has 0 bridgehead atoms. The molecule has 0 fully saturated rings. The fourth-order valence-electron chi connectivity index (χ4n) is 1.58. The number of nitrogens with one attached hydrogen (secondary N) is 1. The molecule has 20 heavy (non-hydrogen) atoms. The lowest BCUT2D eigenvalue weighted by Crippen LogP contribution is -1.99. The average Bonchev–Trinajstić information content (AvgIpc) is 2.46. The van der Waals surface area contributed by atoms with Crippen molar-refractivity contribution in [3.05, 3.63) is 57.2 Å². The Morgan fingerprint density at radius 2 is 2.20 bits per heavy atom. The number of nitro benzene ring substituents is 1. The zero-order chi connectivity index (χ0) is 14.5. The van der Waals surface area contributed by atoms with Gasteiger partial charge in [0.15, 0.2) is 0 Å². The number of nitro groups is 1. The molecule has 0 radical (unpaired) electrons. The van der Waals surface area contributed by atoms with Crippen LogP contribution in [0.4, 0.5) is 11.5 Å². The maximum Gasteiger partial charge on any atom is 0.271 e. The zero-order valence-corrected chi connectivity index (χ0v) is 11.4. The van der Waals surface area contributed by atoms with Crippen LogP contribution in [0, 0.1) is 10.1 Å². The summed E-state index contributed by atoms with van der Waals surface area (Å²) in [7, 11) is 1.78. The monoisotopic (exact) mass is 293 g/mol. The Kier molecular flexibility index (Phi) is 4.37. The van der Waals surface area contributed by atoms with Gasteiger partial charge in [0.1, 0.15) is 18.2 Å². The maximum absolute atomic E-state index is 10.6. The van der Waals surface area contributed by atoms with Crippen molar-refractivity contribution in [3.63, 3.8) is 0 Å². The van der Waals surface area contributed by atoms with Gasteiger partial charge >= 0.3 is 0 Å². The van der Waals surface area contributed by atoms with E-state index in [1.54, 1.807) is 13.2 Å². The largest absolute Gasteiger partial charge is 0.487 e. The van der Waals surface area contributed by atoms with Gasteiger partial charge in [0.25, 0.3) is 5.69 Å². The van der Waals surface area contributed by atoms with Gasteiger partial charge < -0.3 is 10.1 Å². The lowest BCUT2D eigenvalue weighted by atomic mass is 10.2. The quantitative estimate of drug-likeness (QED) is 0.676. The third-order valence-corrected chi connectivity index (χ3v) is 2.90. The Morgan fingerprint density at radius 3 is 2.85 bits per heavy atom. The lowest BCUT2D eigenvalue weighted by Gasteiger charge is -2.08. The smallest absolute Gasteiger partial charge is 0.271 e. The first-order chi connectivity index (χ1) is 9.60. The molecule has 0 aliphatic rings. The molecule has 104 valence electrons. The first-order valence-electron chi connectivity index (χ1n) is 5.79. The number of ether oxygens (including phenoxy) is 1. The molecular weight excluding hydrogens is 282 g/mol. The van der Waals surface area contributed by atoms with Crippen LogP contribution in [0.3, 0.4) is 0 Å². The van der Waals surface area contributed by atoms with Crippen molar-refractivity contribution < 1.29 is 9.66 Å². The van der Waals surface area contributed by atoms with Crippen LogP contribution in [0.25, 0.3) is 0 Å². The molecule has 1 aromatic heterocycles. The summed E-state index contributed by atoms with van der Waals surface area (Å²) >= 11 is 5.94.